The SMILES string of the molecule is CC[C@H](Sc1nc2c([nH]c3ccccc32)c(=O)n1CCOC)C(=O)[O-]. The highest BCUT2D eigenvalue weighted by Gasteiger charge is 2.19. The van der Waals surface area contributed by atoms with E-state index in [1.165, 1.54) is 4.57 Å². The molecule has 0 unspecified atom stereocenters. The van der Waals surface area contributed by atoms with Crippen LogP contribution in [0, 0.1) is 0 Å². The summed E-state index contributed by atoms with van der Waals surface area (Å²) in [5, 5.41) is 11.7. The molecule has 1 N–H and O–H groups in total. The maximum atomic E-state index is 12.9. The molecular formula is C17H18N3O4S-. The number of hydrogen-bond donors (Lipinski definition) is 1. The van der Waals surface area contributed by atoms with Crippen molar-refractivity contribution in [2.45, 2.75) is 30.3 Å². The van der Waals surface area contributed by atoms with Gasteiger partial charge in [0.05, 0.1) is 24.4 Å². The fourth-order valence-corrected chi connectivity index (χ4v) is 3.63. The van der Waals surface area contributed by atoms with Crippen molar-refractivity contribution in [3.63, 3.8) is 0 Å². The van der Waals surface area contributed by atoms with E-state index in [0.29, 0.717) is 35.8 Å². The molecule has 132 valence electrons. The minimum Gasteiger partial charge on any atom is -0.549 e. The van der Waals surface area contributed by atoms with Gasteiger partial charge in [0.15, 0.2) is 5.16 Å². The number of thioether (sulfide) groups is 1. The molecule has 0 saturated heterocycles. The van der Waals surface area contributed by atoms with Crippen molar-refractivity contribution in [2.75, 3.05) is 13.7 Å². The van der Waals surface area contributed by atoms with E-state index >= 15 is 0 Å². The highest BCUT2D eigenvalue weighted by Crippen LogP contribution is 2.27. The molecule has 0 aliphatic heterocycles. The van der Waals surface area contributed by atoms with Crippen LogP contribution in [0.1, 0.15) is 13.3 Å². The Morgan fingerprint density at radius 3 is 2.88 bits per heavy atom. The molecule has 25 heavy (non-hydrogen) atoms. The lowest BCUT2D eigenvalue weighted by Crippen LogP contribution is -2.34. The first-order chi connectivity index (χ1) is 12.1. The van der Waals surface area contributed by atoms with Gasteiger partial charge in [0, 0.05) is 18.0 Å². The Bertz CT molecular complexity index is 979. The zero-order valence-electron chi connectivity index (χ0n) is 13.9. The normalized spacial score (nSPS) is 12.7. The van der Waals surface area contributed by atoms with E-state index < -0.39 is 11.2 Å². The highest BCUT2D eigenvalue weighted by atomic mass is 32.2. The molecule has 3 aromatic rings. The zero-order valence-corrected chi connectivity index (χ0v) is 14.8. The Kier molecular flexibility index (Phi) is 5.10. The van der Waals surface area contributed by atoms with Gasteiger partial charge in [-0.15, -0.1) is 0 Å². The van der Waals surface area contributed by atoms with E-state index in [4.69, 9.17) is 4.74 Å². The number of nitrogens with zero attached hydrogens (tertiary/aromatic N) is 2. The van der Waals surface area contributed by atoms with E-state index in [9.17, 15) is 14.7 Å². The van der Waals surface area contributed by atoms with Gasteiger partial charge in [-0.2, -0.15) is 0 Å². The van der Waals surface area contributed by atoms with Crippen LogP contribution in [0.3, 0.4) is 0 Å². The Hall–Kier alpha value is -2.32. The first kappa shape index (κ1) is 17.5. The molecule has 3 rings (SSSR count). The standard InChI is InChI=1S/C17H19N3O4S/c1-3-12(16(22)23)25-17-19-13-10-6-4-5-7-11(10)18-14(13)15(21)20(17)8-9-24-2/h4-7,12,18H,3,8-9H2,1-2H3,(H,22,23)/p-1/t12-/m0/s1. The third kappa shape index (κ3) is 3.27. The van der Waals surface area contributed by atoms with Gasteiger partial charge in [-0.1, -0.05) is 36.9 Å². The van der Waals surface area contributed by atoms with Gasteiger partial charge in [0.2, 0.25) is 0 Å². The Morgan fingerprint density at radius 1 is 1.44 bits per heavy atom. The first-order valence-corrected chi connectivity index (χ1v) is 8.82. The van der Waals surface area contributed by atoms with Gasteiger partial charge in [-0.3, -0.25) is 9.36 Å². The largest absolute Gasteiger partial charge is 0.549 e. The molecule has 7 nitrogen and oxygen atoms in total. The van der Waals surface area contributed by atoms with E-state index in [0.717, 1.165) is 22.7 Å². The van der Waals surface area contributed by atoms with Crippen LogP contribution < -0.4 is 10.7 Å². The van der Waals surface area contributed by atoms with Crippen LogP contribution in [-0.4, -0.2) is 39.5 Å². The highest BCUT2D eigenvalue weighted by molar-refractivity contribution is 8.00. The second kappa shape index (κ2) is 7.28. The summed E-state index contributed by atoms with van der Waals surface area (Å²) in [4.78, 5) is 31.9. The van der Waals surface area contributed by atoms with Crippen molar-refractivity contribution in [1.29, 1.82) is 0 Å². The summed E-state index contributed by atoms with van der Waals surface area (Å²) in [6.07, 6.45) is 0.374. The molecule has 0 amide bonds. The molecule has 0 saturated carbocycles. The summed E-state index contributed by atoms with van der Waals surface area (Å²) < 4.78 is 6.53. The van der Waals surface area contributed by atoms with Crippen LogP contribution in [0.5, 0.6) is 0 Å². The number of carboxylic acid groups (broad SMARTS) is 1. The lowest BCUT2D eigenvalue weighted by atomic mass is 10.2. The van der Waals surface area contributed by atoms with Crippen molar-refractivity contribution in [3.8, 4) is 0 Å². The smallest absolute Gasteiger partial charge is 0.278 e. The number of nitrogens with one attached hydrogen (secondary N) is 1. The van der Waals surface area contributed by atoms with Gasteiger partial charge in [-0.25, -0.2) is 4.98 Å². The molecule has 0 aliphatic carbocycles. The molecule has 8 heteroatoms. The molecule has 1 aromatic carbocycles. The van der Waals surface area contributed by atoms with Gasteiger partial charge >= 0.3 is 0 Å². The predicted octanol–water partition coefficient (Wildman–Crippen LogP) is 1.14. The van der Waals surface area contributed by atoms with Crippen molar-refractivity contribution >= 4 is 39.7 Å². The number of carboxylic acids is 1. The first-order valence-electron chi connectivity index (χ1n) is 7.94. The van der Waals surface area contributed by atoms with Crippen LogP contribution in [0.4, 0.5) is 0 Å². The summed E-state index contributed by atoms with van der Waals surface area (Å²) in [7, 11) is 1.54. The average Bonchev–Trinajstić information content (AvgIpc) is 2.98. The van der Waals surface area contributed by atoms with Crippen LogP contribution in [0.25, 0.3) is 21.9 Å². The number of ether oxygens (including phenoxy) is 1. The molecule has 0 aliphatic rings. The summed E-state index contributed by atoms with van der Waals surface area (Å²) in [6.45, 7) is 2.37. The number of hydrogen-bond acceptors (Lipinski definition) is 6. The number of para-hydroxylation sites is 1. The molecule has 2 heterocycles. The zero-order chi connectivity index (χ0) is 18.0. The summed E-state index contributed by atoms with van der Waals surface area (Å²) in [5.41, 5.74) is 1.52. The Morgan fingerprint density at radius 2 is 2.20 bits per heavy atom. The van der Waals surface area contributed by atoms with Crippen molar-refractivity contribution in [3.05, 3.63) is 34.6 Å². The number of H-pyrrole nitrogens is 1. The molecule has 1 atom stereocenters. The number of methoxy groups -OCH3 is 1. The minimum absolute atomic E-state index is 0.242. The number of carbonyl (C=O) groups excluding carboxylic acids is 1. The fraction of sp³-hybridized carbons (Fsp3) is 0.353. The van der Waals surface area contributed by atoms with E-state index in [2.05, 4.69) is 9.97 Å². The number of rotatable bonds is 7. The summed E-state index contributed by atoms with van der Waals surface area (Å²) in [6, 6.07) is 7.50. The maximum absolute atomic E-state index is 12.9. The van der Waals surface area contributed by atoms with Crippen LogP contribution >= 0.6 is 11.8 Å². The van der Waals surface area contributed by atoms with E-state index in [-0.39, 0.29) is 5.56 Å². The lowest BCUT2D eigenvalue weighted by molar-refractivity contribution is -0.304. The Balaban J connectivity index is 2.22. The molecule has 0 fully saturated rings. The fourth-order valence-electron chi connectivity index (χ4n) is 2.67. The molecular weight excluding hydrogens is 342 g/mol. The third-order valence-electron chi connectivity index (χ3n) is 3.98. The molecule has 0 spiro atoms. The number of benzene rings is 1. The molecule has 0 radical (unpaired) electrons. The molecule has 2 aromatic heterocycles. The lowest BCUT2D eigenvalue weighted by Gasteiger charge is -2.18. The van der Waals surface area contributed by atoms with Crippen LogP contribution in [0.15, 0.2) is 34.2 Å². The minimum atomic E-state index is -1.17. The number of fused-ring (bicyclic) bond motifs is 3. The topological polar surface area (TPSA) is 100 Å². The third-order valence-corrected chi connectivity index (χ3v) is 5.31. The Labute approximate surface area is 148 Å². The predicted molar refractivity (Wildman–Crippen MR) is 94.7 cm³/mol. The van der Waals surface area contributed by atoms with Gasteiger partial charge in [0.25, 0.3) is 5.56 Å². The number of carbonyl (C=O) groups is 1. The number of aliphatic carboxylic acids is 1. The second-order valence-corrected chi connectivity index (χ2v) is 6.74. The van der Waals surface area contributed by atoms with Crippen molar-refractivity contribution in [1.82, 2.24) is 14.5 Å². The van der Waals surface area contributed by atoms with E-state index in [1.54, 1.807) is 14.0 Å². The van der Waals surface area contributed by atoms with Crippen molar-refractivity contribution in [2.24, 2.45) is 0 Å². The van der Waals surface area contributed by atoms with Gasteiger partial charge in [-0.05, 0) is 12.5 Å². The van der Waals surface area contributed by atoms with E-state index in [1.807, 2.05) is 24.3 Å². The second-order valence-electron chi connectivity index (χ2n) is 5.57. The summed E-state index contributed by atoms with van der Waals surface area (Å²) >= 11 is 1.04. The van der Waals surface area contributed by atoms with Crippen LogP contribution in [-0.2, 0) is 16.1 Å². The van der Waals surface area contributed by atoms with Gasteiger partial charge < -0.3 is 19.6 Å². The monoisotopic (exact) mass is 360 g/mol. The maximum Gasteiger partial charge on any atom is 0.278 e. The molecule has 0 bridgehead atoms. The number of aromatic nitrogens is 3. The number of aromatic amines is 1. The quantitative estimate of drug-likeness (QED) is 0.501. The van der Waals surface area contributed by atoms with Crippen LogP contribution in [0.2, 0.25) is 0 Å². The average molecular weight is 360 g/mol. The van der Waals surface area contributed by atoms with Gasteiger partial charge in [0.1, 0.15) is 11.0 Å². The summed E-state index contributed by atoms with van der Waals surface area (Å²) in [5.74, 6) is -1.17. The van der Waals surface area contributed by atoms with Crippen molar-refractivity contribution < 1.29 is 14.6 Å².